The Balaban J connectivity index is 1.56. The van der Waals surface area contributed by atoms with Gasteiger partial charge in [0.2, 0.25) is 0 Å². The first-order valence-electron chi connectivity index (χ1n) is 10.6. The second-order valence-corrected chi connectivity index (χ2v) is 10.6. The van der Waals surface area contributed by atoms with Crippen molar-refractivity contribution in [2.45, 2.75) is 18.0 Å². The Bertz CT molecular complexity index is 1580. The molecule has 0 aliphatic heterocycles. The van der Waals surface area contributed by atoms with E-state index < -0.39 is 10.0 Å². The third-order valence-electron chi connectivity index (χ3n) is 5.61. The highest BCUT2D eigenvalue weighted by Gasteiger charge is 2.27. The summed E-state index contributed by atoms with van der Waals surface area (Å²) in [4.78, 5) is 4.53. The Morgan fingerprint density at radius 1 is 0.971 bits per heavy atom. The number of anilines is 1. The zero-order valence-electron chi connectivity index (χ0n) is 18.1. The third-order valence-corrected chi connectivity index (χ3v) is 8.27. The van der Waals surface area contributed by atoms with Gasteiger partial charge in [-0.05, 0) is 53.4 Å². The SMILES string of the molecule is N#Cc1ccc(Cn2cncc2CN(c2cccc3sccc23)S(=O)(=O)c2ccccc2)cc1. The van der Waals surface area contributed by atoms with Gasteiger partial charge in [0.25, 0.3) is 10.0 Å². The predicted molar refractivity (Wildman–Crippen MR) is 134 cm³/mol. The first kappa shape index (κ1) is 21.9. The fraction of sp³-hybridized carbons (Fsp3) is 0.0769. The lowest BCUT2D eigenvalue weighted by molar-refractivity contribution is 0.588. The lowest BCUT2D eigenvalue weighted by Crippen LogP contribution is -2.31. The highest BCUT2D eigenvalue weighted by atomic mass is 32.2. The number of sulfonamides is 1. The van der Waals surface area contributed by atoms with Crippen molar-refractivity contribution in [3.05, 3.63) is 114 Å². The van der Waals surface area contributed by atoms with E-state index in [1.807, 2.05) is 46.3 Å². The van der Waals surface area contributed by atoms with E-state index in [-0.39, 0.29) is 11.4 Å². The maximum Gasteiger partial charge on any atom is 0.264 e. The molecule has 0 N–H and O–H groups in total. The molecule has 6 nitrogen and oxygen atoms in total. The van der Waals surface area contributed by atoms with Crippen molar-refractivity contribution in [3.63, 3.8) is 0 Å². The van der Waals surface area contributed by atoms with E-state index >= 15 is 0 Å². The van der Waals surface area contributed by atoms with Crippen molar-refractivity contribution in [2.75, 3.05) is 4.31 Å². The van der Waals surface area contributed by atoms with Crippen molar-refractivity contribution >= 4 is 37.1 Å². The van der Waals surface area contributed by atoms with E-state index in [0.717, 1.165) is 21.3 Å². The van der Waals surface area contributed by atoms with Crippen molar-refractivity contribution < 1.29 is 8.42 Å². The van der Waals surface area contributed by atoms with E-state index in [2.05, 4.69) is 11.1 Å². The quantitative estimate of drug-likeness (QED) is 0.309. The van der Waals surface area contributed by atoms with Crippen molar-refractivity contribution in [2.24, 2.45) is 0 Å². The molecule has 0 amide bonds. The van der Waals surface area contributed by atoms with Crippen LogP contribution in [0.4, 0.5) is 5.69 Å². The molecule has 0 aliphatic carbocycles. The first-order chi connectivity index (χ1) is 16.6. The van der Waals surface area contributed by atoms with Crippen LogP contribution in [0.25, 0.3) is 10.1 Å². The highest BCUT2D eigenvalue weighted by Crippen LogP contribution is 2.34. The lowest BCUT2D eigenvalue weighted by atomic mass is 10.1. The van der Waals surface area contributed by atoms with Crippen LogP contribution in [-0.4, -0.2) is 18.0 Å². The van der Waals surface area contributed by atoms with E-state index in [1.165, 1.54) is 4.31 Å². The van der Waals surface area contributed by atoms with Crippen molar-refractivity contribution in [1.29, 1.82) is 5.26 Å². The molecule has 0 saturated carbocycles. The molecule has 0 atom stereocenters. The minimum Gasteiger partial charge on any atom is -0.328 e. The number of imidazole rings is 1. The fourth-order valence-corrected chi connectivity index (χ4v) is 6.15. The molecule has 2 heterocycles. The number of nitriles is 1. The van der Waals surface area contributed by atoms with Crippen molar-refractivity contribution in [1.82, 2.24) is 9.55 Å². The number of fused-ring (bicyclic) bond motifs is 1. The smallest absolute Gasteiger partial charge is 0.264 e. The minimum absolute atomic E-state index is 0.127. The molecule has 0 radical (unpaired) electrons. The van der Waals surface area contributed by atoms with E-state index in [0.29, 0.717) is 17.8 Å². The number of benzene rings is 3. The molecule has 5 rings (SSSR count). The Labute approximate surface area is 202 Å². The molecule has 3 aromatic carbocycles. The number of rotatable bonds is 7. The monoisotopic (exact) mass is 484 g/mol. The summed E-state index contributed by atoms with van der Waals surface area (Å²) in [6.45, 7) is 0.644. The van der Waals surface area contributed by atoms with Crippen LogP contribution >= 0.6 is 11.3 Å². The molecule has 0 bridgehead atoms. The molecule has 34 heavy (non-hydrogen) atoms. The largest absolute Gasteiger partial charge is 0.328 e. The van der Waals surface area contributed by atoms with E-state index in [1.54, 1.807) is 66.3 Å². The Morgan fingerprint density at radius 2 is 1.76 bits per heavy atom. The van der Waals surface area contributed by atoms with Crippen LogP contribution in [0, 0.1) is 11.3 Å². The first-order valence-corrected chi connectivity index (χ1v) is 12.9. The number of aromatic nitrogens is 2. The summed E-state index contributed by atoms with van der Waals surface area (Å²) in [5, 5.41) is 11.9. The molecule has 0 saturated heterocycles. The second kappa shape index (κ2) is 9.14. The van der Waals surface area contributed by atoms with Crippen LogP contribution in [0.3, 0.4) is 0 Å². The lowest BCUT2D eigenvalue weighted by Gasteiger charge is -2.26. The summed E-state index contributed by atoms with van der Waals surface area (Å²) in [5.74, 6) is 0. The van der Waals surface area contributed by atoms with Gasteiger partial charge in [0.15, 0.2) is 0 Å². The van der Waals surface area contributed by atoms with Crippen LogP contribution in [0.15, 0.2) is 102 Å². The van der Waals surface area contributed by atoms with Gasteiger partial charge in [0.05, 0.1) is 40.8 Å². The Hall–Kier alpha value is -3.93. The molecular weight excluding hydrogens is 464 g/mol. The summed E-state index contributed by atoms with van der Waals surface area (Å²) in [6.07, 6.45) is 3.40. The van der Waals surface area contributed by atoms with Gasteiger partial charge in [0.1, 0.15) is 0 Å². The van der Waals surface area contributed by atoms with Gasteiger partial charge in [-0.25, -0.2) is 13.4 Å². The molecule has 0 spiro atoms. The zero-order chi connectivity index (χ0) is 23.5. The van der Waals surface area contributed by atoms with E-state index in [4.69, 9.17) is 5.26 Å². The average Bonchev–Trinajstić information content (AvgIpc) is 3.53. The molecular formula is C26H20N4O2S2. The molecule has 168 valence electrons. The summed E-state index contributed by atoms with van der Waals surface area (Å²) in [7, 11) is -3.84. The van der Waals surface area contributed by atoms with Crippen LogP contribution in [0.1, 0.15) is 16.8 Å². The van der Waals surface area contributed by atoms with Crippen LogP contribution in [-0.2, 0) is 23.1 Å². The average molecular weight is 485 g/mol. The second-order valence-electron chi connectivity index (χ2n) is 7.76. The maximum atomic E-state index is 13.8. The number of hydrogen-bond acceptors (Lipinski definition) is 5. The molecule has 5 aromatic rings. The Kier molecular flexibility index (Phi) is 5.88. The van der Waals surface area contributed by atoms with Crippen molar-refractivity contribution in [3.8, 4) is 6.07 Å². The molecule has 2 aromatic heterocycles. The third kappa shape index (κ3) is 4.19. The van der Waals surface area contributed by atoms with Gasteiger partial charge in [-0.3, -0.25) is 4.31 Å². The zero-order valence-corrected chi connectivity index (χ0v) is 19.7. The summed E-state index contributed by atoms with van der Waals surface area (Å²) in [5.41, 5.74) is 2.99. The summed E-state index contributed by atoms with van der Waals surface area (Å²) >= 11 is 1.58. The minimum atomic E-state index is -3.84. The molecule has 0 unspecified atom stereocenters. The summed E-state index contributed by atoms with van der Waals surface area (Å²) < 4.78 is 32.1. The van der Waals surface area contributed by atoms with E-state index in [9.17, 15) is 8.42 Å². The molecule has 0 aliphatic rings. The standard InChI is InChI=1S/C26H20N4O2S2/c27-15-20-9-11-21(12-10-20)17-29-19-28-16-22(29)18-30(34(31,32)23-5-2-1-3-6-23)25-7-4-8-26-24(25)13-14-33-26/h1-14,16,19H,17-18H2. The predicted octanol–water partition coefficient (Wildman–Crippen LogP) is 5.41. The van der Waals surface area contributed by atoms with Gasteiger partial charge in [-0.15, -0.1) is 11.3 Å². The summed E-state index contributed by atoms with van der Waals surface area (Å²) in [6, 6.07) is 25.6. The number of nitrogens with zero attached hydrogens (tertiary/aromatic N) is 4. The Morgan fingerprint density at radius 3 is 2.53 bits per heavy atom. The van der Waals surface area contributed by atoms with Crippen LogP contribution < -0.4 is 4.31 Å². The van der Waals surface area contributed by atoms with Gasteiger partial charge < -0.3 is 4.57 Å². The maximum absolute atomic E-state index is 13.8. The van der Waals surface area contributed by atoms with Gasteiger partial charge >= 0.3 is 0 Å². The fourth-order valence-electron chi connectivity index (χ4n) is 3.87. The van der Waals surface area contributed by atoms with Gasteiger partial charge in [0, 0.05) is 22.8 Å². The highest BCUT2D eigenvalue weighted by molar-refractivity contribution is 7.92. The molecule has 8 heteroatoms. The van der Waals surface area contributed by atoms with Gasteiger partial charge in [-0.2, -0.15) is 5.26 Å². The van der Waals surface area contributed by atoms with Crippen LogP contribution in [0.5, 0.6) is 0 Å². The van der Waals surface area contributed by atoms with Crippen LogP contribution in [0.2, 0.25) is 0 Å². The number of thiophene rings is 1. The van der Waals surface area contributed by atoms with Gasteiger partial charge in [-0.1, -0.05) is 36.4 Å². The molecule has 0 fully saturated rings. The normalized spacial score (nSPS) is 11.4. The topological polar surface area (TPSA) is 79.0 Å². The number of hydrogen-bond donors (Lipinski definition) is 0.